The molecule has 0 N–H and O–H groups in total. The number of nitrogens with zero attached hydrogens (tertiary/aromatic N) is 4. The molecule has 0 fully saturated rings. The summed E-state index contributed by atoms with van der Waals surface area (Å²) >= 11 is 5.76. The van der Waals surface area contributed by atoms with Crippen LogP contribution in [0.15, 0.2) is 12.4 Å². The maximum Gasteiger partial charge on any atom is 0.165 e. The van der Waals surface area contributed by atoms with Crippen LogP contribution in [-0.2, 0) is 11.2 Å². The molecule has 6 heteroatoms. The van der Waals surface area contributed by atoms with Gasteiger partial charge in [0, 0.05) is 25.7 Å². The van der Waals surface area contributed by atoms with Gasteiger partial charge in [-0.3, -0.25) is 4.40 Å². The molecule has 5 nitrogen and oxygen atoms in total. The first-order valence-corrected chi connectivity index (χ1v) is 5.62. The van der Waals surface area contributed by atoms with Crippen molar-refractivity contribution in [3.05, 3.63) is 23.4 Å². The molecule has 2 aromatic heterocycles. The topological polar surface area (TPSA) is 52.3 Å². The van der Waals surface area contributed by atoms with Gasteiger partial charge in [-0.1, -0.05) is 11.6 Å². The summed E-state index contributed by atoms with van der Waals surface area (Å²) in [5.41, 5.74) is 0.728. The molecule has 2 aromatic rings. The van der Waals surface area contributed by atoms with E-state index in [0.717, 1.165) is 37.5 Å². The van der Waals surface area contributed by atoms with Crippen molar-refractivity contribution in [2.24, 2.45) is 0 Å². The summed E-state index contributed by atoms with van der Waals surface area (Å²) < 4.78 is 7.11. The summed E-state index contributed by atoms with van der Waals surface area (Å²) in [7, 11) is 0. The van der Waals surface area contributed by atoms with Crippen molar-refractivity contribution in [3.63, 3.8) is 0 Å². The summed E-state index contributed by atoms with van der Waals surface area (Å²) in [6, 6.07) is 1.70. The lowest BCUT2D eigenvalue weighted by molar-refractivity contribution is 0.145. The lowest BCUT2D eigenvalue weighted by atomic mass is 10.3. The number of fused-ring (bicyclic) bond motifs is 1. The molecule has 0 aliphatic carbocycles. The van der Waals surface area contributed by atoms with Gasteiger partial charge in [0.2, 0.25) is 0 Å². The van der Waals surface area contributed by atoms with E-state index in [1.807, 2.05) is 11.3 Å². The Morgan fingerprint density at radius 1 is 1.44 bits per heavy atom. The predicted molar refractivity (Wildman–Crippen MR) is 60.6 cm³/mol. The van der Waals surface area contributed by atoms with Crippen LogP contribution in [0.1, 0.15) is 19.2 Å². The molecule has 16 heavy (non-hydrogen) atoms. The highest BCUT2D eigenvalue weighted by Crippen LogP contribution is 2.09. The van der Waals surface area contributed by atoms with Crippen LogP contribution in [0, 0.1) is 0 Å². The Bertz CT molecular complexity index is 471. The number of aryl methyl sites for hydroxylation is 1. The van der Waals surface area contributed by atoms with E-state index in [1.165, 1.54) is 0 Å². The van der Waals surface area contributed by atoms with Crippen LogP contribution in [-0.4, -0.2) is 32.8 Å². The first-order chi connectivity index (χ1) is 7.81. The fraction of sp³-hybridized carbons (Fsp3) is 0.500. The van der Waals surface area contributed by atoms with E-state index in [1.54, 1.807) is 12.4 Å². The normalized spacial score (nSPS) is 11.1. The van der Waals surface area contributed by atoms with Gasteiger partial charge >= 0.3 is 0 Å². The van der Waals surface area contributed by atoms with Crippen molar-refractivity contribution in [1.29, 1.82) is 0 Å². The third-order valence-corrected chi connectivity index (χ3v) is 2.44. The lowest BCUT2D eigenvalue weighted by Gasteiger charge is -2.00. The van der Waals surface area contributed by atoms with Gasteiger partial charge in [0.15, 0.2) is 5.65 Å². The molecular weight excluding hydrogens is 228 g/mol. The lowest BCUT2D eigenvalue weighted by Crippen LogP contribution is -2.00. The van der Waals surface area contributed by atoms with Crippen molar-refractivity contribution in [3.8, 4) is 0 Å². The maximum atomic E-state index is 5.76. The molecule has 0 atom stereocenters. The molecule has 0 aliphatic heterocycles. The van der Waals surface area contributed by atoms with Crippen LogP contribution in [0.25, 0.3) is 5.65 Å². The monoisotopic (exact) mass is 240 g/mol. The Balaban J connectivity index is 2.07. The molecule has 0 aliphatic rings. The highest BCUT2D eigenvalue weighted by atomic mass is 35.5. The number of rotatable bonds is 5. The third kappa shape index (κ3) is 2.48. The molecule has 0 bridgehead atoms. The van der Waals surface area contributed by atoms with Gasteiger partial charge in [-0.25, -0.2) is 4.98 Å². The molecule has 0 saturated heterocycles. The highest BCUT2D eigenvalue weighted by Gasteiger charge is 2.05. The average Bonchev–Trinajstić information content (AvgIpc) is 2.67. The Morgan fingerprint density at radius 2 is 2.31 bits per heavy atom. The summed E-state index contributed by atoms with van der Waals surface area (Å²) in [6.07, 6.45) is 3.40. The van der Waals surface area contributed by atoms with E-state index >= 15 is 0 Å². The van der Waals surface area contributed by atoms with Gasteiger partial charge in [-0.15, -0.1) is 10.2 Å². The Hall–Kier alpha value is -1.20. The predicted octanol–water partition coefficient (Wildman–Crippen LogP) is 1.75. The number of hydrogen-bond acceptors (Lipinski definition) is 4. The molecule has 0 amide bonds. The van der Waals surface area contributed by atoms with Gasteiger partial charge in [0.1, 0.15) is 17.3 Å². The van der Waals surface area contributed by atoms with Gasteiger partial charge in [0.05, 0.1) is 0 Å². The molecule has 0 spiro atoms. The van der Waals surface area contributed by atoms with E-state index in [4.69, 9.17) is 16.3 Å². The Labute approximate surface area is 98.4 Å². The zero-order valence-corrected chi connectivity index (χ0v) is 9.81. The molecule has 2 heterocycles. The van der Waals surface area contributed by atoms with Crippen LogP contribution in [0.5, 0.6) is 0 Å². The SMILES string of the molecule is CCOCCCc1nnc2cc(Cl)ncn12. The molecule has 0 unspecified atom stereocenters. The van der Waals surface area contributed by atoms with E-state index in [-0.39, 0.29) is 0 Å². The minimum atomic E-state index is 0.431. The largest absolute Gasteiger partial charge is 0.382 e. The minimum Gasteiger partial charge on any atom is -0.382 e. The second-order valence-electron chi connectivity index (χ2n) is 3.36. The Morgan fingerprint density at radius 3 is 3.12 bits per heavy atom. The van der Waals surface area contributed by atoms with Crippen LogP contribution >= 0.6 is 11.6 Å². The molecule has 86 valence electrons. The van der Waals surface area contributed by atoms with Crippen LogP contribution < -0.4 is 0 Å². The van der Waals surface area contributed by atoms with Gasteiger partial charge in [-0.2, -0.15) is 0 Å². The standard InChI is InChI=1S/C10H13ClN4O/c1-2-16-5-3-4-9-13-14-10-6-8(11)12-7-15(9)10/h6-7H,2-5H2,1H3. The van der Waals surface area contributed by atoms with Gasteiger partial charge in [-0.05, 0) is 13.3 Å². The highest BCUT2D eigenvalue weighted by molar-refractivity contribution is 6.29. The summed E-state index contributed by atoms with van der Waals surface area (Å²) in [5.74, 6) is 0.888. The zero-order chi connectivity index (χ0) is 11.4. The molecule has 0 saturated carbocycles. The second kappa shape index (κ2) is 5.23. The zero-order valence-electron chi connectivity index (χ0n) is 9.06. The smallest absolute Gasteiger partial charge is 0.165 e. The van der Waals surface area contributed by atoms with Crippen molar-refractivity contribution < 1.29 is 4.74 Å². The maximum absolute atomic E-state index is 5.76. The van der Waals surface area contributed by atoms with Crippen molar-refractivity contribution >= 4 is 17.2 Å². The van der Waals surface area contributed by atoms with Crippen LogP contribution in [0.3, 0.4) is 0 Å². The molecule has 0 radical (unpaired) electrons. The van der Waals surface area contributed by atoms with Crippen molar-refractivity contribution in [2.75, 3.05) is 13.2 Å². The van der Waals surface area contributed by atoms with Crippen molar-refractivity contribution in [2.45, 2.75) is 19.8 Å². The fourth-order valence-corrected chi connectivity index (χ4v) is 1.61. The second-order valence-corrected chi connectivity index (χ2v) is 3.74. The van der Waals surface area contributed by atoms with Gasteiger partial charge < -0.3 is 4.74 Å². The number of halogens is 1. The first kappa shape index (κ1) is 11.3. The Kier molecular flexibility index (Phi) is 3.69. The fourth-order valence-electron chi connectivity index (χ4n) is 1.47. The van der Waals surface area contributed by atoms with E-state index in [9.17, 15) is 0 Å². The van der Waals surface area contributed by atoms with Crippen LogP contribution in [0.4, 0.5) is 0 Å². The average molecular weight is 241 g/mol. The minimum absolute atomic E-state index is 0.431. The summed E-state index contributed by atoms with van der Waals surface area (Å²) in [5, 5.41) is 8.55. The van der Waals surface area contributed by atoms with Crippen molar-refractivity contribution in [1.82, 2.24) is 19.6 Å². The van der Waals surface area contributed by atoms with E-state index < -0.39 is 0 Å². The molecular formula is C10H13ClN4O. The molecule has 2 rings (SSSR count). The number of aromatic nitrogens is 4. The number of ether oxygens (including phenoxy) is 1. The first-order valence-electron chi connectivity index (χ1n) is 5.24. The quantitative estimate of drug-likeness (QED) is 0.590. The molecule has 0 aromatic carbocycles. The third-order valence-electron chi connectivity index (χ3n) is 2.23. The van der Waals surface area contributed by atoms with Gasteiger partial charge in [0.25, 0.3) is 0 Å². The van der Waals surface area contributed by atoms with E-state index in [2.05, 4.69) is 15.2 Å². The van der Waals surface area contributed by atoms with Crippen LogP contribution in [0.2, 0.25) is 5.15 Å². The summed E-state index contributed by atoms with van der Waals surface area (Å²) in [4.78, 5) is 4.00. The van der Waals surface area contributed by atoms with E-state index in [0.29, 0.717) is 5.15 Å². The summed E-state index contributed by atoms with van der Waals surface area (Å²) in [6.45, 7) is 3.47. The number of hydrogen-bond donors (Lipinski definition) is 0.